The molecule has 1 aromatic rings. The first-order valence-electron chi connectivity index (χ1n) is 3.41. The van der Waals surface area contributed by atoms with Gasteiger partial charge in [0.15, 0.2) is 0 Å². The number of hydrogen-bond donors (Lipinski definition) is 2. The Morgan fingerprint density at radius 3 is 2.91 bits per heavy atom. The van der Waals surface area contributed by atoms with Crippen molar-refractivity contribution in [2.24, 2.45) is 10.7 Å². The van der Waals surface area contributed by atoms with Gasteiger partial charge in [0, 0.05) is 18.4 Å². The molecule has 0 fully saturated rings. The standard InChI is InChI=1S/C8H11N3/c9-4-5-11-8-3-1-2-7(10)6-8/h1-3,5-6H,4,9-10H2. The number of aliphatic imine (C=N–C) groups is 1. The second-order valence-corrected chi connectivity index (χ2v) is 2.14. The molecule has 0 unspecified atom stereocenters. The lowest BCUT2D eigenvalue weighted by Crippen LogP contribution is -1.98. The topological polar surface area (TPSA) is 64.4 Å². The molecule has 0 aromatic heterocycles. The van der Waals surface area contributed by atoms with Crippen molar-refractivity contribution >= 4 is 17.6 Å². The molecule has 58 valence electrons. The van der Waals surface area contributed by atoms with Crippen LogP contribution in [0.2, 0.25) is 0 Å². The molecule has 3 nitrogen and oxygen atoms in total. The van der Waals surface area contributed by atoms with Crippen molar-refractivity contribution < 1.29 is 0 Å². The van der Waals surface area contributed by atoms with Crippen LogP contribution in [0.1, 0.15) is 0 Å². The van der Waals surface area contributed by atoms with E-state index in [2.05, 4.69) is 4.99 Å². The molecule has 0 bridgehead atoms. The van der Waals surface area contributed by atoms with Crippen LogP contribution in [0.4, 0.5) is 11.4 Å². The Bertz CT molecular complexity index is 255. The summed E-state index contributed by atoms with van der Waals surface area (Å²) in [4.78, 5) is 4.06. The lowest BCUT2D eigenvalue weighted by Gasteiger charge is -1.93. The number of rotatable bonds is 2. The molecular formula is C8H11N3. The van der Waals surface area contributed by atoms with Gasteiger partial charge in [0.05, 0.1) is 5.69 Å². The maximum atomic E-state index is 5.53. The van der Waals surface area contributed by atoms with Crippen molar-refractivity contribution in [2.45, 2.75) is 0 Å². The first-order chi connectivity index (χ1) is 5.33. The van der Waals surface area contributed by atoms with Crippen molar-refractivity contribution in [3.8, 4) is 0 Å². The highest BCUT2D eigenvalue weighted by Crippen LogP contribution is 2.13. The summed E-state index contributed by atoms with van der Waals surface area (Å²) in [5.41, 5.74) is 12.3. The summed E-state index contributed by atoms with van der Waals surface area (Å²) in [6.45, 7) is 0.453. The molecule has 3 heteroatoms. The molecule has 0 aliphatic rings. The van der Waals surface area contributed by atoms with E-state index in [4.69, 9.17) is 11.5 Å². The van der Waals surface area contributed by atoms with Crippen molar-refractivity contribution in [1.82, 2.24) is 0 Å². The van der Waals surface area contributed by atoms with Crippen LogP contribution < -0.4 is 11.5 Å². The van der Waals surface area contributed by atoms with Gasteiger partial charge in [0.25, 0.3) is 0 Å². The zero-order valence-electron chi connectivity index (χ0n) is 6.20. The minimum Gasteiger partial charge on any atom is -0.399 e. The van der Waals surface area contributed by atoms with E-state index in [1.54, 1.807) is 12.3 Å². The number of nitrogens with two attached hydrogens (primary N) is 2. The van der Waals surface area contributed by atoms with Gasteiger partial charge in [-0.05, 0) is 18.2 Å². The van der Waals surface area contributed by atoms with Crippen LogP contribution in [0.3, 0.4) is 0 Å². The molecule has 1 rings (SSSR count). The van der Waals surface area contributed by atoms with Gasteiger partial charge in [-0.3, -0.25) is 4.99 Å². The Morgan fingerprint density at radius 1 is 1.45 bits per heavy atom. The first kappa shape index (κ1) is 7.75. The summed E-state index contributed by atoms with van der Waals surface area (Å²) in [5, 5.41) is 0. The molecule has 4 N–H and O–H groups in total. The summed E-state index contributed by atoms with van der Waals surface area (Å²) in [7, 11) is 0. The van der Waals surface area contributed by atoms with E-state index in [-0.39, 0.29) is 0 Å². The van der Waals surface area contributed by atoms with E-state index in [0.717, 1.165) is 11.4 Å². The van der Waals surface area contributed by atoms with Crippen molar-refractivity contribution in [2.75, 3.05) is 12.3 Å². The number of anilines is 1. The largest absolute Gasteiger partial charge is 0.399 e. The van der Waals surface area contributed by atoms with Gasteiger partial charge < -0.3 is 11.5 Å². The number of nitrogen functional groups attached to an aromatic ring is 1. The summed E-state index contributed by atoms with van der Waals surface area (Å²) in [5.74, 6) is 0. The zero-order chi connectivity index (χ0) is 8.10. The monoisotopic (exact) mass is 149 g/mol. The summed E-state index contributed by atoms with van der Waals surface area (Å²) in [6.07, 6.45) is 1.65. The van der Waals surface area contributed by atoms with E-state index in [1.165, 1.54) is 0 Å². The van der Waals surface area contributed by atoms with E-state index in [1.807, 2.05) is 18.2 Å². The Morgan fingerprint density at radius 2 is 2.27 bits per heavy atom. The van der Waals surface area contributed by atoms with Crippen LogP contribution in [0, 0.1) is 0 Å². The Balaban J connectivity index is 2.79. The molecule has 0 aliphatic carbocycles. The van der Waals surface area contributed by atoms with Crippen molar-refractivity contribution in [3.05, 3.63) is 24.3 Å². The number of hydrogen-bond acceptors (Lipinski definition) is 3. The quantitative estimate of drug-likeness (QED) is 0.485. The van der Waals surface area contributed by atoms with Gasteiger partial charge in [-0.1, -0.05) is 6.07 Å². The molecule has 11 heavy (non-hydrogen) atoms. The number of nitrogens with zero attached hydrogens (tertiary/aromatic N) is 1. The van der Waals surface area contributed by atoms with Gasteiger partial charge in [-0.2, -0.15) is 0 Å². The van der Waals surface area contributed by atoms with Crippen LogP contribution >= 0.6 is 0 Å². The lowest BCUT2D eigenvalue weighted by molar-refractivity contribution is 1.33. The highest BCUT2D eigenvalue weighted by Gasteiger charge is 1.86. The van der Waals surface area contributed by atoms with Gasteiger partial charge in [0.2, 0.25) is 0 Å². The molecule has 1 aromatic carbocycles. The first-order valence-corrected chi connectivity index (χ1v) is 3.41. The molecule has 0 saturated carbocycles. The minimum absolute atomic E-state index is 0.453. The highest BCUT2D eigenvalue weighted by atomic mass is 14.7. The Kier molecular flexibility index (Phi) is 2.63. The molecule has 0 radical (unpaired) electrons. The van der Waals surface area contributed by atoms with E-state index in [9.17, 15) is 0 Å². The van der Waals surface area contributed by atoms with Crippen molar-refractivity contribution in [3.63, 3.8) is 0 Å². The summed E-state index contributed by atoms with van der Waals surface area (Å²) < 4.78 is 0. The smallest absolute Gasteiger partial charge is 0.0646 e. The second-order valence-electron chi connectivity index (χ2n) is 2.14. The van der Waals surface area contributed by atoms with E-state index in [0.29, 0.717) is 6.54 Å². The molecule has 0 spiro atoms. The molecule has 0 saturated heterocycles. The van der Waals surface area contributed by atoms with Crippen LogP contribution in [-0.2, 0) is 0 Å². The maximum Gasteiger partial charge on any atom is 0.0646 e. The summed E-state index contributed by atoms with van der Waals surface area (Å²) in [6, 6.07) is 7.36. The lowest BCUT2D eigenvalue weighted by atomic mass is 10.3. The van der Waals surface area contributed by atoms with Crippen LogP contribution in [0.25, 0.3) is 0 Å². The fourth-order valence-corrected chi connectivity index (χ4v) is 0.763. The van der Waals surface area contributed by atoms with E-state index < -0.39 is 0 Å². The third-order valence-corrected chi connectivity index (χ3v) is 1.22. The molecular weight excluding hydrogens is 138 g/mol. The molecule has 0 amide bonds. The van der Waals surface area contributed by atoms with E-state index >= 15 is 0 Å². The molecule has 0 heterocycles. The zero-order valence-corrected chi connectivity index (χ0v) is 6.20. The SMILES string of the molecule is NCC=Nc1cccc(N)c1. The minimum atomic E-state index is 0.453. The van der Waals surface area contributed by atoms with Crippen molar-refractivity contribution in [1.29, 1.82) is 0 Å². The fourth-order valence-electron chi connectivity index (χ4n) is 0.763. The second kappa shape index (κ2) is 3.73. The highest BCUT2D eigenvalue weighted by molar-refractivity contribution is 5.66. The molecule has 0 atom stereocenters. The average Bonchev–Trinajstić information content (AvgIpc) is 2.01. The van der Waals surface area contributed by atoms with Crippen LogP contribution in [-0.4, -0.2) is 12.8 Å². The number of benzene rings is 1. The fraction of sp³-hybridized carbons (Fsp3) is 0.125. The van der Waals surface area contributed by atoms with Gasteiger partial charge in [0.1, 0.15) is 0 Å². The average molecular weight is 149 g/mol. The van der Waals surface area contributed by atoms with Gasteiger partial charge >= 0.3 is 0 Å². The maximum absolute atomic E-state index is 5.53. The molecule has 0 aliphatic heterocycles. The normalized spacial score (nSPS) is 10.6. The van der Waals surface area contributed by atoms with Gasteiger partial charge in [-0.25, -0.2) is 0 Å². The third-order valence-electron chi connectivity index (χ3n) is 1.22. The van der Waals surface area contributed by atoms with Gasteiger partial charge in [-0.15, -0.1) is 0 Å². The summed E-state index contributed by atoms with van der Waals surface area (Å²) >= 11 is 0. The Hall–Kier alpha value is -1.35. The predicted molar refractivity (Wildman–Crippen MR) is 48.1 cm³/mol. The predicted octanol–water partition coefficient (Wildman–Crippen LogP) is 0.930. The van der Waals surface area contributed by atoms with Crippen LogP contribution in [0.15, 0.2) is 29.3 Å². The van der Waals surface area contributed by atoms with Crippen LogP contribution in [0.5, 0.6) is 0 Å². The Labute approximate surface area is 65.7 Å². The third kappa shape index (κ3) is 2.39.